The Balaban J connectivity index is 1.56. The van der Waals surface area contributed by atoms with E-state index in [-0.39, 0.29) is 5.15 Å². The zero-order valence-electron chi connectivity index (χ0n) is 14.5. The van der Waals surface area contributed by atoms with Gasteiger partial charge in [0, 0.05) is 12.3 Å². The first kappa shape index (κ1) is 18.7. The van der Waals surface area contributed by atoms with Gasteiger partial charge in [0.25, 0.3) is 5.91 Å². The van der Waals surface area contributed by atoms with Crippen LogP contribution in [0, 0.1) is 0 Å². The normalized spacial score (nSPS) is 13.9. The number of hydrogen-bond acceptors (Lipinski definition) is 6. The monoisotopic (exact) mass is 388 g/mol. The van der Waals surface area contributed by atoms with Gasteiger partial charge in [-0.25, -0.2) is 9.78 Å². The van der Waals surface area contributed by atoms with Crippen LogP contribution in [0.5, 0.6) is 11.5 Å². The van der Waals surface area contributed by atoms with Crippen molar-refractivity contribution in [2.45, 2.75) is 13.0 Å². The van der Waals surface area contributed by atoms with Gasteiger partial charge >= 0.3 is 5.97 Å². The molecule has 0 fully saturated rings. The number of carbonyl (C=O) groups excluding carboxylic acids is 2. The lowest BCUT2D eigenvalue weighted by Gasteiger charge is -2.18. The van der Waals surface area contributed by atoms with E-state index in [0.717, 1.165) is 5.56 Å². The standard InChI is InChI=1S/C19H17ClN2O5/c1-12(19(24)22-14-3-2-8-21-18(14)20)27-17(23)7-5-13-4-6-15-16(11-13)26-10-9-25-15/h2-8,11-12H,9-10H2,1H3,(H,22,24)/b7-5+/t12-/m1/s1. The smallest absolute Gasteiger partial charge is 0.331 e. The minimum atomic E-state index is -1.00. The van der Waals surface area contributed by atoms with Crippen molar-refractivity contribution in [3.8, 4) is 11.5 Å². The van der Waals surface area contributed by atoms with Gasteiger partial charge in [-0.2, -0.15) is 0 Å². The molecule has 140 valence electrons. The zero-order chi connectivity index (χ0) is 19.2. The van der Waals surface area contributed by atoms with Gasteiger partial charge in [0.2, 0.25) is 0 Å². The highest BCUT2D eigenvalue weighted by Crippen LogP contribution is 2.31. The molecule has 0 saturated heterocycles. The number of nitrogens with one attached hydrogen (secondary N) is 1. The molecule has 8 heteroatoms. The van der Waals surface area contributed by atoms with Gasteiger partial charge in [-0.1, -0.05) is 17.7 Å². The van der Waals surface area contributed by atoms with Crippen LogP contribution in [0.2, 0.25) is 5.15 Å². The minimum absolute atomic E-state index is 0.155. The van der Waals surface area contributed by atoms with Gasteiger partial charge in [-0.3, -0.25) is 4.79 Å². The van der Waals surface area contributed by atoms with Gasteiger partial charge in [-0.05, 0) is 42.8 Å². The Labute approximate surface area is 160 Å². The predicted molar refractivity (Wildman–Crippen MR) is 99.9 cm³/mol. The van der Waals surface area contributed by atoms with Crippen molar-refractivity contribution in [3.63, 3.8) is 0 Å². The Hall–Kier alpha value is -3.06. The van der Waals surface area contributed by atoms with E-state index >= 15 is 0 Å². The molecule has 0 saturated carbocycles. The Morgan fingerprint density at radius 1 is 1.26 bits per heavy atom. The molecule has 0 bridgehead atoms. The number of esters is 1. The fraction of sp³-hybridized carbons (Fsp3) is 0.211. The molecule has 7 nitrogen and oxygen atoms in total. The summed E-state index contributed by atoms with van der Waals surface area (Å²) in [6.45, 7) is 2.46. The summed E-state index contributed by atoms with van der Waals surface area (Å²) < 4.78 is 16.0. The fourth-order valence-electron chi connectivity index (χ4n) is 2.31. The lowest BCUT2D eigenvalue weighted by Crippen LogP contribution is -2.29. The number of nitrogens with zero attached hydrogens (tertiary/aromatic N) is 1. The van der Waals surface area contributed by atoms with Crippen LogP contribution >= 0.6 is 11.6 Å². The third-order valence-corrected chi connectivity index (χ3v) is 3.96. The second kappa shape index (κ2) is 8.55. The maximum absolute atomic E-state index is 12.1. The number of fused-ring (bicyclic) bond motifs is 1. The van der Waals surface area contributed by atoms with Gasteiger partial charge in [0.15, 0.2) is 22.8 Å². The highest BCUT2D eigenvalue weighted by atomic mass is 35.5. The zero-order valence-corrected chi connectivity index (χ0v) is 15.2. The molecule has 1 aromatic carbocycles. The van der Waals surface area contributed by atoms with Crippen LogP contribution in [0.4, 0.5) is 5.69 Å². The van der Waals surface area contributed by atoms with E-state index < -0.39 is 18.0 Å². The summed E-state index contributed by atoms with van der Waals surface area (Å²) in [6, 6.07) is 8.56. The van der Waals surface area contributed by atoms with Gasteiger partial charge < -0.3 is 19.5 Å². The molecular formula is C19H17ClN2O5. The molecule has 0 aliphatic carbocycles. The maximum atomic E-state index is 12.1. The van der Waals surface area contributed by atoms with Crippen LogP contribution < -0.4 is 14.8 Å². The average molecular weight is 389 g/mol. The van der Waals surface area contributed by atoms with E-state index in [1.54, 1.807) is 36.4 Å². The summed E-state index contributed by atoms with van der Waals surface area (Å²) in [6.07, 6.45) is 3.32. The van der Waals surface area contributed by atoms with E-state index in [9.17, 15) is 9.59 Å². The lowest BCUT2D eigenvalue weighted by atomic mass is 10.2. The summed E-state index contributed by atoms with van der Waals surface area (Å²) in [5.74, 6) is 0.133. The Morgan fingerprint density at radius 3 is 2.81 bits per heavy atom. The average Bonchev–Trinajstić information content (AvgIpc) is 2.68. The van der Waals surface area contributed by atoms with E-state index in [2.05, 4.69) is 10.3 Å². The molecule has 1 aliphatic rings. The number of amides is 1. The highest BCUT2D eigenvalue weighted by molar-refractivity contribution is 6.32. The van der Waals surface area contributed by atoms with Crippen LogP contribution in [0.25, 0.3) is 6.08 Å². The first-order chi connectivity index (χ1) is 13.0. The molecule has 1 aliphatic heterocycles. The molecule has 1 N–H and O–H groups in total. The summed E-state index contributed by atoms with van der Waals surface area (Å²) in [5, 5.41) is 2.71. The Kier molecular flexibility index (Phi) is 5.93. The largest absolute Gasteiger partial charge is 0.486 e. The Bertz CT molecular complexity index is 884. The SMILES string of the molecule is C[C@@H](OC(=O)/C=C/c1ccc2c(c1)OCCO2)C(=O)Nc1cccnc1Cl. The van der Waals surface area contributed by atoms with Crippen LogP contribution in [0.1, 0.15) is 12.5 Å². The number of ether oxygens (including phenoxy) is 3. The summed E-state index contributed by atoms with van der Waals surface area (Å²) in [5.41, 5.74) is 1.09. The Morgan fingerprint density at radius 2 is 2.04 bits per heavy atom. The number of anilines is 1. The number of halogens is 1. The van der Waals surface area contributed by atoms with Crippen molar-refractivity contribution < 1.29 is 23.8 Å². The van der Waals surface area contributed by atoms with Crippen LogP contribution in [0.3, 0.4) is 0 Å². The van der Waals surface area contributed by atoms with Crippen molar-refractivity contribution in [2.75, 3.05) is 18.5 Å². The molecule has 2 heterocycles. The second-order valence-corrected chi connectivity index (χ2v) is 6.00. The molecule has 0 spiro atoms. The van der Waals surface area contributed by atoms with Crippen LogP contribution in [-0.4, -0.2) is 36.2 Å². The molecule has 1 aromatic heterocycles. The third-order valence-electron chi connectivity index (χ3n) is 3.66. The highest BCUT2D eigenvalue weighted by Gasteiger charge is 2.18. The summed E-state index contributed by atoms with van der Waals surface area (Å²) in [4.78, 5) is 27.9. The number of benzene rings is 1. The molecule has 0 radical (unpaired) electrons. The summed E-state index contributed by atoms with van der Waals surface area (Å²) in [7, 11) is 0. The van der Waals surface area contributed by atoms with Gasteiger partial charge in [-0.15, -0.1) is 0 Å². The topological polar surface area (TPSA) is 86.8 Å². The van der Waals surface area contributed by atoms with Crippen molar-refractivity contribution in [3.05, 3.63) is 53.3 Å². The number of aromatic nitrogens is 1. The van der Waals surface area contributed by atoms with Crippen molar-refractivity contribution in [1.82, 2.24) is 4.98 Å². The maximum Gasteiger partial charge on any atom is 0.331 e. The van der Waals surface area contributed by atoms with Gasteiger partial charge in [0.1, 0.15) is 13.2 Å². The lowest BCUT2D eigenvalue weighted by molar-refractivity contribution is -0.148. The van der Waals surface area contributed by atoms with Crippen molar-refractivity contribution >= 4 is 35.2 Å². The minimum Gasteiger partial charge on any atom is -0.486 e. The molecule has 0 unspecified atom stereocenters. The van der Waals surface area contributed by atoms with Gasteiger partial charge in [0.05, 0.1) is 5.69 Å². The quantitative estimate of drug-likeness (QED) is 0.481. The van der Waals surface area contributed by atoms with Crippen LogP contribution in [-0.2, 0) is 14.3 Å². The first-order valence-electron chi connectivity index (χ1n) is 8.22. The predicted octanol–water partition coefficient (Wildman–Crippen LogP) is 3.09. The molecule has 27 heavy (non-hydrogen) atoms. The second-order valence-electron chi connectivity index (χ2n) is 5.65. The number of hydrogen-bond donors (Lipinski definition) is 1. The first-order valence-corrected chi connectivity index (χ1v) is 8.60. The number of rotatable bonds is 5. The fourth-order valence-corrected chi connectivity index (χ4v) is 2.48. The molecule has 1 atom stereocenters. The van der Waals surface area contributed by atoms with Crippen LogP contribution in [0.15, 0.2) is 42.6 Å². The number of pyridine rings is 1. The van der Waals surface area contributed by atoms with Crippen molar-refractivity contribution in [2.24, 2.45) is 0 Å². The molecular weight excluding hydrogens is 372 g/mol. The van der Waals surface area contributed by atoms with Crippen molar-refractivity contribution in [1.29, 1.82) is 0 Å². The van der Waals surface area contributed by atoms with E-state index in [0.29, 0.717) is 30.4 Å². The molecule has 2 aromatic rings. The molecule has 1 amide bonds. The van der Waals surface area contributed by atoms with E-state index in [1.807, 2.05) is 0 Å². The van der Waals surface area contributed by atoms with E-state index in [4.69, 9.17) is 25.8 Å². The molecule has 3 rings (SSSR count). The van der Waals surface area contributed by atoms with E-state index in [1.165, 1.54) is 19.2 Å². The summed E-state index contributed by atoms with van der Waals surface area (Å²) >= 11 is 5.88. The number of carbonyl (C=O) groups is 2. The third kappa shape index (κ3) is 4.98.